The molecule has 3 aromatic rings. The van der Waals surface area contributed by atoms with Gasteiger partial charge in [-0.25, -0.2) is 9.36 Å². The lowest BCUT2D eigenvalue weighted by Crippen LogP contribution is -2.28. The minimum Gasteiger partial charge on any atom is -0.508 e. The maximum atomic E-state index is 11.9. The Morgan fingerprint density at radius 3 is 2.77 bits per heavy atom. The zero-order valence-electron chi connectivity index (χ0n) is 11.6. The van der Waals surface area contributed by atoms with Crippen LogP contribution in [0, 0.1) is 0 Å². The molecule has 2 aromatic heterocycles. The second kappa shape index (κ2) is 5.98. The molecule has 22 heavy (non-hydrogen) atoms. The topological polar surface area (TPSA) is 94.0 Å². The number of hydrogen-bond acceptors (Lipinski definition) is 5. The summed E-state index contributed by atoms with van der Waals surface area (Å²) in [5, 5.41) is 11.2. The predicted molar refractivity (Wildman–Crippen MR) is 83.4 cm³/mol. The Morgan fingerprint density at radius 2 is 2.14 bits per heavy atom. The number of phenols is 1. The normalized spacial score (nSPS) is 12.2. The van der Waals surface area contributed by atoms with E-state index in [-0.39, 0.29) is 5.75 Å². The quantitative estimate of drug-likeness (QED) is 0.753. The molecule has 1 aromatic carbocycles. The Hall–Kier alpha value is -2.67. The number of nitrogens with zero attached hydrogens (tertiary/aromatic N) is 3. The molecule has 3 rings (SSSR count). The Labute approximate surface area is 131 Å². The van der Waals surface area contributed by atoms with Gasteiger partial charge in [0.05, 0.1) is 6.20 Å². The molecule has 7 heteroatoms. The first-order valence-corrected chi connectivity index (χ1v) is 7.48. The summed E-state index contributed by atoms with van der Waals surface area (Å²) in [5.41, 5.74) is 7.34. The third-order valence-corrected chi connectivity index (χ3v) is 3.98. The van der Waals surface area contributed by atoms with E-state index in [9.17, 15) is 9.90 Å². The van der Waals surface area contributed by atoms with Crippen LogP contribution in [0.25, 0.3) is 11.4 Å². The summed E-state index contributed by atoms with van der Waals surface area (Å²) < 4.78 is 5.82. The lowest BCUT2D eigenvalue weighted by Gasteiger charge is -2.17. The van der Waals surface area contributed by atoms with Gasteiger partial charge >= 0.3 is 0 Å². The van der Waals surface area contributed by atoms with E-state index in [1.807, 2.05) is 5.38 Å². The molecule has 1 amide bonds. The first-order valence-electron chi connectivity index (χ1n) is 6.65. The zero-order valence-corrected chi connectivity index (χ0v) is 12.4. The Bertz CT molecular complexity index is 765. The molecule has 0 unspecified atom stereocenters. The highest BCUT2D eigenvalue weighted by Gasteiger charge is 2.21. The molecule has 0 aliphatic carbocycles. The zero-order chi connectivity index (χ0) is 15.5. The van der Waals surface area contributed by atoms with Crippen LogP contribution in [0.2, 0.25) is 0 Å². The minimum atomic E-state index is -0.554. The number of phenolic OH excluding ortho intramolecular Hbond substituents is 1. The van der Waals surface area contributed by atoms with Crippen LogP contribution in [0.15, 0.2) is 48.2 Å². The summed E-state index contributed by atoms with van der Waals surface area (Å²) in [6.45, 7) is 0. The third kappa shape index (κ3) is 2.84. The number of aromatic nitrogens is 3. The molecule has 112 valence electrons. The fourth-order valence-corrected chi connectivity index (χ4v) is 2.81. The first-order chi connectivity index (χ1) is 10.6. The summed E-state index contributed by atoms with van der Waals surface area (Å²) in [7, 11) is 0. The van der Waals surface area contributed by atoms with Crippen LogP contribution in [-0.4, -0.2) is 24.9 Å². The van der Waals surface area contributed by atoms with E-state index >= 15 is 0 Å². The molecule has 2 heterocycles. The van der Waals surface area contributed by atoms with Crippen molar-refractivity contribution in [2.24, 2.45) is 5.73 Å². The molecule has 0 fully saturated rings. The lowest BCUT2D eigenvalue weighted by molar-refractivity contribution is -0.121. The monoisotopic (exact) mass is 314 g/mol. The van der Waals surface area contributed by atoms with Crippen LogP contribution in [0.5, 0.6) is 5.75 Å². The van der Waals surface area contributed by atoms with Gasteiger partial charge in [0, 0.05) is 29.8 Å². The van der Waals surface area contributed by atoms with Crippen molar-refractivity contribution in [3.05, 3.63) is 53.8 Å². The molecule has 0 saturated heterocycles. The van der Waals surface area contributed by atoms with Crippen molar-refractivity contribution >= 4 is 17.4 Å². The van der Waals surface area contributed by atoms with E-state index in [0.29, 0.717) is 12.2 Å². The highest BCUT2D eigenvalue weighted by atomic mass is 32.1. The van der Waals surface area contributed by atoms with Gasteiger partial charge in [0.1, 0.15) is 17.6 Å². The number of carbonyl (C=O) groups is 1. The largest absolute Gasteiger partial charge is 0.508 e. The summed E-state index contributed by atoms with van der Waals surface area (Å²) in [6.07, 6.45) is 5.52. The van der Waals surface area contributed by atoms with Crippen LogP contribution >= 0.6 is 11.5 Å². The van der Waals surface area contributed by atoms with Gasteiger partial charge in [-0.15, -0.1) is 0 Å². The standard InChI is InChI=1S/C15H14N4O2S/c16-14(21)13(7-10-1-3-12(20)4-2-10)19-6-5-17-15(19)11-8-18-22-9-11/h1-6,8-9,13,20H,7H2,(H2,16,21)/t13-/m0/s1. The molecule has 0 aliphatic rings. The van der Waals surface area contributed by atoms with Gasteiger partial charge in [0.25, 0.3) is 0 Å². The van der Waals surface area contributed by atoms with Gasteiger partial charge < -0.3 is 15.4 Å². The van der Waals surface area contributed by atoms with Crippen LogP contribution in [0.4, 0.5) is 0 Å². The van der Waals surface area contributed by atoms with Crippen LogP contribution in [-0.2, 0) is 11.2 Å². The molecule has 0 radical (unpaired) electrons. The van der Waals surface area contributed by atoms with E-state index in [0.717, 1.165) is 11.1 Å². The number of amides is 1. The van der Waals surface area contributed by atoms with E-state index < -0.39 is 11.9 Å². The van der Waals surface area contributed by atoms with Crippen molar-refractivity contribution in [2.45, 2.75) is 12.5 Å². The molecule has 0 aliphatic heterocycles. The number of carbonyl (C=O) groups excluding carboxylic acids is 1. The Morgan fingerprint density at radius 1 is 1.36 bits per heavy atom. The van der Waals surface area contributed by atoms with Gasteiger partial charge in [-0.2, -0.15) is 0 Å². The van der Waals surface area contributed by atoms with Crippen LogP contribution in [0.1, 0.15) is 11.6 Å². The SMILES string of the molecule is NC(=O)[C@H](Cc1ccc(O)cc1)n1ccnc1-c1cnsc1. The summed E-state index contributed by atoms with van der Waals surface area (Å²) in [5.74, 6) is 0.416. The molecule has 6 nitrogen and oxygen atoms in total. The van der Waals surface area contributed by atoms with Gasteiger partial charge in [-0.1, -0.05) is 12.1 Å². The first kappa shape index (κ1) is 14.3. The van der Waals surface area contributed by atoms with Crippen molar-refractivity contribution < 1.29 is 9.90 Å². The third-order valence-electron chi connectivity index (χ3n) is 3.39. The van der Waals surface area contributed by atoms with Crippen LogP contribution < -0.4 is 5.73 Å². The average Bonchev–Trinajstić information content (AvgIpc) is 3.17. The molecule has 0 saturated carbocycles. The maximum absolute atomic E-state index is 11.9. The highest BCUT2D eigenvalue weighted by molar-refractivity contribution is 7.03. The van der Waals surface area contributed by atoms with Gasteiger partial charge in [-0.3, -0.25) is 4.79 Å². The number of nitrogens with two attached hydrogens (primary N) is 1. The van der Waals surface area contributed by atoms with E-state index in [4.69, 9.17) is 5.73 Å². The van der Waals surface area contributed by atoms with Gasteiger partial charge in [-0.05, 0) is 29.2 Å². The van der Waals surface area contributed by atoms with E-state index in [2.05, 4.69) is 9.36 Å². The summed E-state index contributed by atoms with van der Waals surface area (Å²) >= 11 is 1.32. The van der Waals surface area contributed by atoms with Crippen molar-refractivity contribution in [1.29, 1.82) is 0 Å². The van der Waals surface area contributed by atoms with Crippen molar-refractivity contribution in [2.75, 3.05) is 0 Å². The molecule has 1 atom stereocenters. The molecular formula is C15H14N4O2S. The lowest BCUT2D eigenvalue weighted by atomic mass is 10.0. The van der Waals surface area contributed by atoms with Crippen molar-refractivity contribution in [3.63, 3.8) is 0 Å². The van der Waals surface area contributed by atoms with Crippen molar-refractivity contribution in [1.82, 2.24) is 13.9 Å². The summed E-state index contributed by atoms with van der Waals surface area (Å²) in [6, 6.07) is 6.17. The number of imidazole rings is 1. The fourth-order valence-electron chi connectivity index (χ4n) is 2.29. The number of rotatable bonds is 5. The second-order valence-corrected chi connectivity index (χ2v) is 5.52. The summed E-state index contributed by atoms with van der Waals surface area (Å²) in [4.78, 5) is 16.2. The van der Waals surface area contributed by atoms with Crippen LogP contribution in [0.3, 0.4) is 0 Å². The number of hydrogen-bond donors (Lipinski definition) is 2. The Kier molecular flexibility index (Phi) is 3.88. The van der Waals surface area contributed by atoms with Gasteiger partial charge in [0.15, 0.2) is 0 Å². The number of benzene rings is 1. The Balaban J connectivity index is 1.94. The minimum absolute atomic E-state index is 0.187. The maximum Gasteiger partial charge on any atom is 0.240 e. The van der Waals surface area contributed by atoms with Gasteiger partial charge in [0.2, 0.25) is 5.91 Å². The highest BCUT2D eigenvalue weighted by Crippen LogP contribution is 2.24. The predicted octanol–water partition coefficient (Wildman–Crippen LogP) is 1.98. The number of aromatic hydroxyl groups is 1. The molecule has 3 N–H and O–H groups in total. The molecular weight excluding hydrogens is 300 g/mol. The van der Waals surface area contributed by atoms with E-state index in [1.54, 1.807) is 47.4 Å². The molecule has 0 spiro atoms. The fraction of sp³-hybridized carbons (Fsp3) is 0.133. The number of primary amides is 1. The smallest absolute Gasteiger partial charge is 0.240 e. The van der Waals surface area contributed by atoms with E-state index in [1.165, 1.54) is 11.5 Å². The second-order valence-electron chi connectivity index (χ2n) is 4.86. The van der Waals surface area contributed by atoms with Crippen molar-refractivity contribution in [3.8, 4) is 17.1 Å². The molecule has 0 bridgehead atoms. The average molecular weight is 314 g/mol.